The zero-order valence-electron chi connectivity index (χ0n) is 8.76. The van der Waals surface area contributed by atoms with Gasteiger partial charge in [0.2, 0.25) is 0 Å². The van der Waals surface area contributed by atoms with E-state index in [4.69, 9.17) is 27.9 Å². The van der Waals surface area contributed by atoms with E-state index in [0.29, 0.717) is 34.4 Å². The third-order valence-electron chi connectivity index (χ3n) is 2.07. The highest BCUT2D eigenvalue weighted by molar-refractivity contribution is 6.35. The number of aliphatic hydroxyl groups is 1. The second-order valence-corrected chi connectivity index (χ2v) is 4.01. The fraction of sp³-hybridized carbons (Fsp3) is 0.455. The second kappa shape index (κ2) is 5.59. The van der Waals surface area contributed by atoms with Crippen molar-refractivity contribution in [1.82, 2.24) is 0 Å². The molecule has 0 bridgehead atoms. The lowest BCUT2D eigenvalue weighted by Gasteiger charge is -2.16. The SMILES string of the molecule is CCOc1c(Cl)cc(Cl)cc1C(O)CC. The van der Waals surface area contributed by atoms with Gasteiger partial charge in [0.15, 0.2) is 0 Å². The molecule has 1 aromatic rings. The van der Waals surface area contributed by atoms with Crippen molar-refractivity contribution in [3.8, 4) is 5.75 Å². The highest BCUT2D eigenvalue weighted by Gasteiger charge is 2.16. The Morgan fingerprint density at radius 3 is 2.53 bits per heavy atom. The fourth-order valence-corrected chi connectivity index (χ4v) is 1.91. The molecule has 0 aromatic heterocycles. The molecule has 0 amide bonds. The third-order valence-corrected chi connectivity index (χ3v) is 2.57. The Morgan fingerprint density at radius 2 is 2.00 bits per heavy atom. The molecule has 15 heavy (non-hydrogen) atoms. The summed E-state index contributed by atoms with van der Waals surface area (Å²) >= 11 is 11.9. The number of hydrogen-bond donors (Lipinski definition) is 1. The Morgan fingerprint density at radius 1 is 1.33 bits per heavy atom. The van der Waals surface area contributed by atoms with Gasteiger partial charge in [0.1, 0.15) is 5.75 Å². The highest BCUT2D eigenvalue weighted by Crippen LogP contribution is 2.36. The molecule has 1 unspecified atom stereocenters. The summed E-state index contributed by atoms with van der Waals surface area (Å²) in [6.07, 6.45) is -0.000682. The average Bonchev–Trinajstić information content (AvgIpc) is 2.20. The normalized spacial score (nSPS) is 12.6. The topological polar surface area (TPSA) is 29.5 Å². The maximum absolute atomic E-state index is 9.79. The van der Waals surface area contributed by atoms with Crippen LogP contribution in [0.5, 0.6) is 5.75 Å². The molecule has 0 saturated heterocycles. The Balaban J connectivity index is 3.20. The molecule has 1 rings (SSSR count). The second-order valence-electron chi connectivity index (χ2n) is 3.16. The van der Waals surface area contributed by atoms with E-state index in [1.165, 1.54) is 0 Å². The summed E-state index contributed by atoms with van der Waals surface area (Å²) in [6.45, 7) is 4.26. The van der Waals surface area contributed by atoms with Crippen molar-refractivity contribution >= 4 is 23.2 Å². The average molecular weight is 249 g/mol. The molecule has 0 aliphatic carbocycles. The third kappa shape index (κ3) is 3.00. The van der Waals surface area contributed by atoms with Gasteiger partial charge in [-0.15, -0.1) is 0 Å². The van der Waals surface area contributed by atoms with Crippen LogP contribution in [-0.2, 0) is 0 Å². The first kappa shape index (κ1) is 12.6. The maximum Gasteiger partial charge on any atom is 0.143 e. The van der Waals surface area contributed by atoms with E-state index in [9.17, 15) is 5.11 Å². The smallest absolute Gasteiger partial charge is 0.143 e. The van der Waals surface area contributed by atoms with Crippen LogP contribution >= 0.6 is 23.2 Å². The summed E-state index contributed by atoms with van der Waals surface area (Å²) in [5, 5.41) is 10.7. The minimum absolute atomic E-state index is 0.437. The van der Waals surface area contributed by atoms with Crippen LogP contribution in [0.4, 0.5) is 0 Å². The molecule has 4 heteroatoms. The largest absolute Gasteiger partial charge is 0.492 e. The molecule has 0 fully saturated rings. The Hall–Kier alpha value is -0.440. The van der Waals surface area contributed by atoms with E-state index >= 15 is 0 Å². The van der Waals surface area contributed by atoms with E-state index in [2.05, 4.69) is 0 Å². The molecule has 0 heterocycles. The molecule has 0 saturated carbocycles. The van der Waals surface area contributed by atoms with Gasteiger partial charge in [-0.2, -0.15) is 0 Å². The lowest BCUT2D eigenvalue weighted by Crippen LogP contribution is -2.02. The predicted octanol–water partition coefficient (Wildman–Crippen LogP) is 3.84. The Kier molecular flexibility index (Phi) is 4.71. The van der Waals surface area contributed by atoms with Gasteiger partial charge in [-0.1, -0.05) is 30.1 Å². The van der Waals surface area contributed by atoms with Crippen molar-refractivity contribution in [3.05, 3.63) is 27.7 Å². The first-order valence-corrected chi connectivity index (χ1v) is 5.65. The van der Waals surface area contributed by atoms with E-state index in [-0.39, 0.29) is 0 Å². The van der Waals surface area contributed by atoms with Gasteiger partial charge in [-0.05, 0) is 25.5 Å². The van der Waals surface area contributed by atoms with Gasteiger partial charge in [0.05, 0.1) is 17.7 Å². The summed E-state index contributed by atoms with van der Waals surface area (Å²) < 4.78 is 5.40. The number of rotatable bonds is 4. The lowest BCUT2D eigenvalue weighted by atomic mass is 10.1. The van der Waals surface area contributed by atoms with Gasteiger partial charge >= 0.3 is 0 Å². The summed E-state index contributed by atoms with van der Waals surface area (Å²) in [5.41, 5.74) is 0.650. The lowest BCUT2D eigenvalue weighted by molar-refractivity contribution is 0.168. The van der Waals surface area contributed by atoms with Crippen molar-refractivity contribution in [3.63, 3.8) is 0 Å². The first-order chi connectivity index (χ1) is 7.10. The van der Waals surface area contributed by atoms with Gasteiger partial charge < -0.3 is 9.84 Å². The van der Waals surface area contributed by atoms with E-state index in [0.717, 1.165) is 0 Å². The Labute approximate surface area is 99.8 Å². The molecule has 1 atom stereocenters. The molecule has 1 N–H and O–H groups in total. The van der Waals surface area contributed by atoms with Crippen LogP contribution in [0, 0.1) is 0 Å². The van der Waals surface area contributed by atoms with Gasteiger partial charge in [-0.25, -0.2) is 0 Å². The summed E-state index contributed by atoms with van der Waals surface area (Å²) in [4.78, 5) is 0. The van der Waals surface area contributed by atoms with Crippen molar-refractivity contribution in [2.45, 2.75) is 26.4 Å². The summed E-state index contributed by atoms with van der Waals surface area (Å²) in [6, 6.07) is 3.30. The fourth-order valence-electron chi connectivity index (χ4n) is 1.34. The minimum atomic E-state index is -0.595. The van der Waals surface area contributed by atoms with Gasteiger partial charge in [0, 0.05) is 10.6 Å². The first-order valence-electron chi connectivity index (χ1n) is 4.89. The predicted molar refractivity (Wildman–Crippen MR) is 62.9 cm³/mol. The monoisotopic (exact) mass is 248 g/mol. The molecular weight excluding hydrogens is 235 g/mol. The summed E-state index contributed by atoms with van der Waals surface area (Å²) in [5.74, 6) is 0.526. The number of halogens is 2. The van der Waals surface area contributed by atoms with Crippen LogP contribution in [0.3, 0.4) is 0 Å². The van der Waals surface area contributed by atoms with Crippen LogP contribution in [0.25, 0.3) is 0 Å². The number of ether oxygens (including phenoxy) is 1. The molecule has 1 aromatic carbocycles. The zero-order valence-corrected chi connectivity index (χ0v) is 10.3. The van der Waals surface area contributed by atoms with Crippen LogP contribution in [0.1, 0.15) is 31.9 Å². The maximum atomic E-state index is 9.79. The van der Waals surface area contributed by atoms with Crippen LogP contribution in [0.15, 0.2) is 12.1 Å². The molecule has 0 radical (unpaired) electrons. The van der Waals surface area contributed by atoms with E-state index in [1.807, 2.05) is 13.8 Å². The number of aliphatic hydroxyl groups excluding tert-OH is 1. The standard InChI is InChI=1S/C11H14Cl2O2/c1-3-10(14)8-5-7(12)6-9(13)11(8)15-4-2/h5-6,10,14H,3-4H2,1-2H3. The van der Waals surface area contributed by atoms with Crippen molar-refractivity contribution in [2.24, 2.45) is 0 Å². The molecular formula is C11H14Cl2O2. The van der Waals surface area contributed by atoms with Gasteiger partial charge in [-0.3, -0.25) is 0 Å². The molecule has 2 nitrogen and oxygen atoms in total. The van der Waals surface area contributed by atoms with Gasteiger partial charge in [0.25, 0.3) is 0 Å². The minimum Gasteiger partial charge on any atom is -0.492 e. The molecule has 0 aliphatic heterocycles. The molecule has 0 spiro atoms. The molecule has 0 aliphatic rings. The van der Waals surface area contributed by atoms with Crippen LogP contribution in [0.2, 0.25) is 10.0 Å². The van der Waals surface area contributed by atoms with Crippen molar-refractivity contribution in [1.29, 1.82) is 0 Å². The van der Waals surface area contributed by atoms with Crippen molar-refractivity contribution < 1.29 is 9.84 Å². The van der Waals surface area contributed by atoms with Crippen LogP contribution in [-0.4, -0.2) is 11.7 Å². The summed E-state index contributed by atoms with van der Waals surface area (Å²) in [7, 11) is 0. The molecule has 84 valence electrons. The number of hydrogen-bond acceptors (Lipinski definition) is 2. The van der Waals surface area contributed by atoms with E-state index < -0.39 is 6.10 Å². The van der Waals surface area contributed by atoms with Crippen LogP contribution < -0.4 is 4.74 Å². The zero-order chi connectivity index (χ0) is 11.4. The quantitative estimate of drug-likeness (QED) is 0.878. The highest BCUT2D eigenvalue weighted by atomic mass is 35.5. The van der Waals surface area contributed by atoms with Crippen molar-refractivity contribution in [2.75, 3.05) is 6.61 Å². The number of benzene rings is 1. The van der Waals surface area contributed by atoms with E-state index in [1.54, 1.807) is 12.1 Å². The Bertz CT molecular complexity index is 340.